The monoisotopic (exact) mass is 417 g/mol. The maximum absolute atomic E-state index is 13.0. The van der Waals surface area contributed by atoms with Crippen molar-refractivity contribution in [1.29, 1.82) is 0 Å². The number of nitro benzene ring substituents is 1. The third kappa shape index (κ3) is 4.46. The van der Waals surface area contributed by atoms with Gasteiger partial charge in [0.2, 0.25) is 10.0 Å². The lowest BCUT2D eigenvalue weighted by atomic mass is 10.0. The lowest BCUT2D eigenvalue weighted by molar-refractivity contribution is -0.385. The first-order valence-electron chi connectivity index (χ1n) is 9.51. The lowest BCUT2D eigenvalue weighted by Crippen LogP contribution is -2.43. The van der Waals surface area contributed by atoms with Crippen LogP contribution >= 0.6 is 0 Å². The van der Waals surface area contributed by atoms with Crippen LogP contribution in [0.1, 0.15) is 43.0 Å². The predicted molar refractivity (Wildman–Crippen MR) is 109 cm³/mol. The molecule has 9 heteroatoms. The van der Waals surface area contributed by atoms with E-state index in [1.807, 2.05) is 6.92 Å². The SMILES string of the molecule is CCC1CCCCN1S(=O)(=O)c1ccc(NC(=O)c2ccccc2[N+](=O)[O-])cc1. The zero-order chi connectivity index (χ0) is 21.0. The number of para-hydroxylation sites is 1. The van der Waals surface area contributed by atoms with Crippen LogP contribution in [0.25, 0.3) is 0 Å². The minimum atomic E-state index is -3.61. The highest BCUT2D eigenvalue weighted by atomic mass is 32.2. The Morgan fingerprint density at radius 2 is 1.86 bits per heavy atom. The number of sulfonamides is 1. The van der Waals surface area contributed by atoms with Crippen LogP contribution in [0.4, 0.5) is 11.4 Å². The van der Waals surface area contributed by atoms with Crippen molar-refractivity contribution in [1.82, 2.24) is 4.31 Å². The van der Waals surface area contributed by atoms with Gasteiger partial charge in [-0.2, -0.15) is 4.31 Å². The standard InChI is InChI=1S/C20H23N3O5S/c1-2-16-7-5-6-14-22(16)29(27,28)17-12-10-15(11-13-17)21-20(24)18-8-3-4-9-19(18)23(25)26/h3-4,8-13,16H,2,5-7,14H2,1H3,(H,21,24). The fourth-order valence-corrected chi connectivity index (χ4v) is 5.33. The number of carbonyl (C=O) groups excluding carboxylic acids is 1. The summed E-state index contributed by atoms with van der Waals surface area (Å²) in [5, 5.41) is 13.7. The Morgan fingerprint density at radius 3 is 2.52 bits per heavy atom. The molecule has 1 unspecified atom stereocenters. The highest BCUT2D eigenvalue weighted by molar-refractivity contribution is 7.89. The molecule has 29 heavy (non-hydrogen) atoms. The van der Waals surface area contributed by atoms with Gasteiger partial charge in [-0.15, -0.1) is 0 Å². The Labute approximate surface area is 169 Å². The zero-order valence-electron chi connectivity index (χ0n) is 16.1. The second-order valence-electron chi connectivity index (χ2n) is 6.93. The van der Waals surface area contributed by atoms with Gasteiger partial charge in [0.25, 0.3) is 11.6 Å². The molecule has 8 nitrogen and oxygen atoms in total. The van der Waals surface area contributed by atoms with E-state index in [1.165, 1.54) is 42.5 Å². The number of rotatable bonds is 6. The third-order valence-electron chi connectivity index (χ3n) is 5.11. The summed E-state index contributed by atoms with van der Waals surface area (Å²) in [7, 11) is -3.61. The van der Waals surface area contributed by atoms with Crippen LogP contribution in [-0.2, 0) is 10.0 Å². The largest absolute Gasteiger partial charge is 0.322 e. The van der Waals surface area contributed by atoms with Crippen molar-refractivity contribution in [3.8, 4) is 0 Å². The van der Waals surface area contributed by atoms with Crippen LogP contribution in [0, 0.1) is 10.1 Å². The van der Waals surface area contributed by atoms with Gasteiger partial charge >= 0.3 is 0 Å². The number of anilines is 1. The molecule has 1 saturated heterocycles. The van der Waals surface area contributed by atoms with Gasteiger partial charge in [-0.3, -0.25) is 14.9 Å². The summed E-state index contributed by atoms with van der Waals surface area (Å²) in [5.41, 5.74) is 0.00555. The molecule has 3 rings (SSSR count). The Hall–Kier alpha value is -2.78. The molecule has 0 saturated carbocycles. The van der Waals surface area contributed by atoms with E-state index in [0.717, 1.165) is 25.7 Å². The van der Waals surface area contributed by atoms with Crippen molar-refractivity contribution in [2.75, 3.05) is 11.9 Å². The van der Waals surface area contributed by atoms with Crippen molar-refractivity contribution < 1.29 is 18.1 Å². The number of hydrogen-bond donors (Lipinski definition) is 1. The summed E-state index contributed by atoms with van der Waals surface area (Å²) in [5.74, 6) is -0.630. The molecule has 2 aromatic carbocycles. The second-order valence-corrected chi connectivity index (χ2v) is 8.82. The average Bonchev–Trinajstić information content (AvgIpc) is 2.74. The smallest absolute Gasteiger partial charge is 0.282 e. The van der Waals surface area contributed by atoms with E-state index in [1.54, 1.807) is 10.4 Å². The summed E-state index contributed by atoms with van der Waals surface area (Å²) < 4.78 is 27.6. The maximum atomic E-state index is 13.0. The highest BCUT2D eigenvalue weighted by Gasteiger charge is 2.32. The Kier molecular flexibility index (Phi) is 6.29. The topological polar surface area (TPSA) is 110 Å². The third-order valence-corrected chi connectivity index (χ3v) is 7.07. The number of benzene rings is 2. The molecule has 1 aliphatic heterocycles. The number of carbonyl (C=O) groups is 1. The Morgan fingerprint density at radius 1 is 1.17 bits per heavy atom. The first-order chi connectivity index (χ1) is 13.8. The molecule has 1 fully saturated rings. The molecular weight excluding hydrogens is 394 g/mol. The van der Waals surface area contributed by atoms with E-state index in [0.29, 0.717) is 12.2 Å². The van der Waals surface area contributed by atoms with Crippen molar-refractivity contribution in [3.63, 3.8) is 0 Å². The molecular formula is C20H23N3O5S. The first-order valence-corrected chi connectivity index (χ1v) is 10.9. The van der Waals surface area contributed by atoms with Gasteiger partial charge < -0.3 is 5.32 Å². The minimum Gasteiger partial charge on any atom is -0.322 e. The van der Waals surface area contributed by atoms with Crippen LogP contribution in [0.5, 0.6) is 0 Å². The highest BCUT2D eigenvalue weighted by Crippen LogP contribution is 2.28. The number of amides is 1. The van der Waals surface area contributed by atoms with Crippen LogP contribution < -0.4 is 5.32 Å². The number of hydrogen-bond acceptors (Lipinski definition) is 5. The van der Waals surface area contributed by atoms with Crippen LogP contribution in [0.3, 0.4) is 0 Å². The minimum absolute atomic E-state index is 0.00626. The molecule has 1 heterocycles. The lowest BCUT2D eigenvalue weighted by Gasteiger charge is -2.34. The van der Waals surface area contributed by atoms with E-state index in [2.05, 4.69) is 5.32 Å². The normalized spacial score (nSPS) is 17.6. The fourth-order valence-electron chi connectivity index (χ4n) is 3.57. The van der Waals surface area contributed by atoms with Crippen molar-refractivity contribution in [2.45, 2.75) is 43.5 Å². The number of nitro groups is 1. The van der Waals surface area contributed by atoms with Gasteiger partial charge in [0, 0.05) is 24.3 Å². The molecule has 0 radical (unpaired) electrons. The van der Waals surface area contributed by atoms with Crippen LogP contribution in [0.2, 0.25) is 0 Å². The summed E-state index contributed by atoms with van der Waals surface area (Å²) in [6, 6.07) is 11.5. The first kappa shape index (κ1) is 20.9. The molecule has 154 valence electrons. The molecule has 0 aliphatic carbocycles. The van der Waals surface area contributed by atoms with Crippen molar-refractivity contribution >= 4 is 27.3 Å². The Bertz CT molecular complexity index is 1010. The van der Waals surface area contributed by atoms with E-state index in [-0.39, 0.29) is 22.2 Å². The predicted octanol–water partition coefficient (Wildman–Crippen LogP) is 3.80. The average molecular weight is 417 g/mol. The van der Waals surface area contributed by atoms with Gasteiger partial charge in [0.1, 0.15) is 5.56 Å². The zero-order valence-corrected chi connectivity index (χ0v) is 16.9. The van der Waals surface area contributed by atoms with Crippen molar-refractivity contribution in [2.24, 2.45) is 0 Å². The van der Waals surface area contributed by atoms with Gasteiger partial charge in [-0.25, -0.2) is 8.42 Å². The molecule has 1 N–H and O–H groups in total. The molecule has 1 aliphatic rings. The van der Waals surface area contributed by atoms with E-state index >= 15 is 0 Å². The number of nitrogens with one attached hydrogen (secondary N) is 1. The summed E-state index contributed by atoms with van der Waals surface area (Å²) in [6.07, 6.45) is 3.50. The molecule has 0 aromatic heterocycles. The molecule has 2 aromatic rings. The van der Waals surface area contributed by atoms with E-state index in [4.69, 9.17) is 0 Å². The second kappa shape index (κ2) is 8.71. The summed E-state index contributed by atoms with van der Waals surface area (Å²) >= 11 is 0. The van der Waals surface area contributed by atoms with Gasteiger partial charge in [0.05, 0.1) is 9.82 Å². The fraction of sp³-hybridized carbons (Fsp3) is 0.350. The summed E-state index contributed by atoms with van der Waals surface area (Å²) in [4.78, 5) is 23.0. The van der Waals surface area contributed by atoms with Gasteiger partial charge in [0.15, 0.2) is 0 Å². The molecule has 1 atom stereocenters. The quantitative estimate of drug-likeness (QED) is 0.568. The summed E-state index contributed by atoms with van der Waals surface area (Å²) in [6.45, 7) is 2.50. The number of piperidine rings is 1. The van der Waals surface area contributed by atoms with Gasteiger partial charge in [-0.05, 0) is 49.6 Å². The van der Waals surface area contributed by atoms with Crippen LogP contribution in [0.15, 0.2) is 53.4 Å². The number of nitrogens with zero attached hydrogens (tertiary/aromatic N) is 2. The van der Waals surface area contributed by atoms with Crippen molar-refractivity contribution in [3.05, 3.63) is 64.2 Å². The molecule has 0 spiro atoms. The Balaban J connectivity index is 1.78. The van der Waals surface area contributed by atoms with Gasteiger partial charge in [-0.1, -0.05) is 25.5 Å². The maximum Gasteiger partial charge on any atom is 0.282 e. The van der Waals surface area contributed by atoms with E-state index < -0.39 is 20.9 Å². The van der Waals surface area contributed by atoms with Crippen LogP contribution in [-0.4, -0.2) is 36.1 Å². The molecule has 0 bridgehead atoms. The van der Waals surface area contributed by atoms with E-state index in [9.17, 15) is 23.3 Å². The molecule has 1 amide bonds.